The van der Waals surface area contributed by atoms with Gasteiger partial charge in [-0.15, -0.1) is 0 Å². The number of carbonyl (C=O) groups excluding carboxylic acids is 2. The lowest BCUT2D eigenvalue weighted by Crippen LogP contribution is -2.48. The molecule has 1 amide bonds. The van der Waals surface area contributed by atoms with E-state index >= 15 is 0 Å². The van der Waals surface area contributed by atoms with Gasteiger partial charge in [0.1, 0.15) is 11.4 Å². The molecule has 3 aliphatic rings. The molecule has 0 atom stereocenters. The summed E-state index contributed by atoms with van der Waals surface area (Å²) in [5, 5.41) is 7.48. The SMILES string of the molecule is CC1(C)Cc2cnc(N)nc2-c2n[nH]c(C(=O)CCc3ccc(C(=O)N4CCC(N5CCCCC5)CC4)cc3)c21. The van der Waals surface area contributed by atoms with Crippen molar-refractivity contribution in [2.45, 2.75) is 76.7 Å². The van der Waals surface area contributed by atoms with Crippen molar-refractivity contribution in [3.63, 3.8) is 0 Å². The molecule has 0 spiro atoms. The van der Waals surface area contributed by atoms with Crippen molar-refractivity contribution in [3.05, 3.63) is 58.4 Å². The average molecular weight is 542 g/mol. The quantitative estimate of drug-likeness (QED) is 0.449. The van der Waals surface area contributed by atoms with Crippen molar-refractivity contribution in [1.82, 2.24) is 30.0 Å². The van der Waals surface area contributed by atoms with E-state index in [1.165, 1.54) is 32.4 Å². The maximum Gasteiger partial charge on any atom is 0.253 e. The zero-order chi connectivity index (χ0) is 27.9. The number of Topliss-reactive ketones (excluding diaryl/α,β-unsaturated/α-hetero) is 1. The molecule has 2 aliphatic heterocycles. The number of aryl methyl sites for hydroxylation is 1. The van der Waals surface area contributed by atoms with Crippen LogP contribution in [-0.2, 0) is 18.3 Å². The molecular formula is C31H39N7O2. The molecule has 2 fully saturated rings. The second-order valence-corrected chi connectivity index (χ2v) is 12.2. The molecule has 9 nitrogen and oxygen atoms in total. The predicted molar refractivity (Wildman–Crippen MR) is 154 cm³/mol. The molecule has 0 unspecified atom stereocenters. The van der Waals surface area contributed by atoms with Crippen LogP contribution in [0.2, 0.25) is 0 Å². The van der Waals surface area contributed by atoms with Crippen molar-refractivity contribution in [1.29, 1.82) is 0 Å². The number of aromatic nitrogens is 4. The average Bonchev–Trinajstić information content (AvgIpc) is 3.44. The van der Waals surface area contributed by atoms with Crippen LogP contribution in [0.15, 0.2) is 30.5 Å². The Morgan fingerprint density at radius 1 is 1.02 bits per heavy atom. The smallest absolute Gasteiger partial charge is 0.253 e. The predicted octanol–water partition coefficient (Wildman–Crippen LogP) is 4.19. The summed E-state index contributed by atoms with van der Waals surface area (Å²) in [4.78, 5) is 39.7. The Labute approximate surface area is 235 Å². The molecule has 1 aliphatic carbocycles. The summed E-state index contributed by atoms with van der Waals surface area (Å²) in [5.41, 5.74) is 11.1. The Bertz CT molecular complexity index is 1400. The van der Waals surface area contributed by atoms with E-state index in [0.717, 1.165) is 48.2 Å². The number of likely N-dealkylation sites (tertiary alicyclic amines) is 2. The summed E-state index contributed by atoms with van der Waals surface area (Å²) in [6.45, 7) is 8.30. The van der Waals surface area contributed by atoms with Gasteiger partial charge in [-0.1, -0.05) is 32.4 Å². The number of piperidine rings is 2. The van der Waals surface area contributed by atoms with Gasteiger partial charge < -0.3 is 15.5 Å². The third kappa shape index (κ3) is 5.14. The van der Waals surface area contributed by atoms with Gasteiger partial charge in [0.05, 0.1) is 5.69 Å². The Hall–Kier alpha value is -3.59. The number of H-pyrrole nitrogens is 1. The van der Waals surface area contributed by atoms with Crippen LogP contribution in [0.3, 0.4) is 0 Å². The van der Waals surface area contributed by atoms with Crippen LogP contribution < -0.4 is 5.73 Å². The molecule has 210 valence electrons. The Kier molecular flexibility index (Phi) is 7.16. The van der Waals surface area contributed by atoms with E-state index in [1.807, 2.05) is 29.2 Å². The molecule has 6 rings (SSSR count). The summed E-state index contributed by atoms with van der Waals surface area (Å²) in [6, 6.07) is 8.38. The van der Waals surface area contributed by atoms with Crippen LogP contribution in [0.4, 0.5) is 5.95 Å². The third-order valence-electron chi connectivity index (χ3n) is 8.96. The molecule has 4 heterocycles. The fourth-order valence-corrected chi connectivity index (χ4v) is 6.79. The van der Waals surface area contributed by atoms with Crippen LogP contribution in [-0.4, -0.2) is 73.9 Å². The van der Waals surface area contributed by atoms with Crippen LogP contribution in [0.5, 0.6) is 0 Å². The van der Waals surface area contributed by atoms with Crippen LogP contribution >= 0.6 is 0 Å². The summed E-state index contributed by atoms with van der Waals surface area (Å²) in [6.07, 6.45) is 9.48. The first-order chi connectivity index (χ1) is 19.3. The van der Waals surface area contributed by atoms with Gasteiger partial charge in [-0.3, -0.25) is 14.7 Å². The molecule has 40 heavy (non-hydrogen) atoms. The highest BCUT2D eigenvalue weighted by Crippen LogP contribution is 2.43. The van der Waals surface area contributed by atoms with Crippen molar-refractivity contribution >= 4 is 17.6 Å². The van der Waals surface area contributed by atoms with Gasteiger partial charge in [0.15, 0.2) is 5.78 Å². The van der Waals surface area contributed by atoms with Gasteiger partial charge in [-0.25, -0.2) is 9.97 Å². The number of nitrogen functional groups attached to an aromatic ring is 1. The lowest BCUT2D eigenvalue weighted by molar-refractivity contribution is 0.0590. The maximum atomic E-state index is 13.3. The van der Waals surface area contributed by atoms with Crippen molar-refractivity contribution < 1.29 is 9.59 Å². The molecule has 3 aromatic rings. The number of anilines is 1. The largest absolute Gasteiger partial charge is 0.368 e. The van der Waals surface area contributed by atoms with E-state index < -0.39 is 0 Å². The number of hydrogen-bond donors (Lipinski definition) is 2. The van der Waals surface area contributed by atoms with E-state index in [2.05, 4.69) is 38.9 Å². The van der Waals surface area contributed by atoms with E-state index in [-0.39, 0.29) is 23.1 Å². The zero-order valence-electron chi connectivity index (χ0n) is 23.6. The lowest BCUT2D eigenvalue weighted by atomic mass is 9.72. The monoisotopic (exact) mass is 541 g/mol. The maximum absolute atomic E-state index is 13.3. The van der Waals surface area contributed by atoms with E-state index in [0.29, 0.717) is 42.4 Å². The summed E-state index contributed by atoms with van der Waals surface area (Å²) in [7, 11) is 0. The minimum absolute atomic E-state index is 0.0176. The Morgan fingerprint density at radius 3 is 2.48 bits per heavy atom. The van der Waals surface area contributed by atoms with Crippen molar-refractivity contribution in [2.24, 2.45) is 0 Å². The molecule has 0 bridgehead atoms. The highest BCUT2D eigenvalue weighted by Gasteiger charge is 2.38. The number of hydrogen-bond acceptors (Lipinski definition) is 7. The number of nitrogens with zero attached hydrogens (tertiary/aromatic N) is 5. The molecule has 1 aromatic carbocycles. The fourth-order valence-electron chi connectivity index (χ4n) is 6.79. The normalized spacial score (nSPS) is 19.2. The van der Waals surface area contributed by atoms with E-state index in [1.54, 1.807) is 6.20 Å². The number of rotatable bonds is 6. The number of carbonyl (C=O) groups is 2. The van der Waals surface area contributed by atoms with Crippen LogP contribution in [0, 0.1) is 0 Å². The number of aromatic amines is 1. The van der Waals surface area contributed by atoms with Gasteiger partial charge in [0.2, 0.25) is 5.95 Å². The van der Waals surface area contributed by atoms with Crippen LogP contribution in [0.1, 0.15) is 89.9 Å². The highest BCUT2D eigenvalue weighted by atomic mass is 16.2. The standard InChI is InChI=1S/C31H39N7O2/c1-31(2)18-22-19-33-30(32)34-26(22)28-25(31)27(35-36-28)24(39)11-8-20-6-9-21(10-7-20)29(40)38-16-12-23(13-17-38)37-14-4-3-5-15-37/h6-7,9-10,19,23H,3-5,8,11-18H2,1-2H3,(H,35,36)(H2,32,33,34). The minimum Gasteiger partial charge on any atom is -0.368 e. The van der Waals surface area contributed by atoms with Crippen molar-refractivity contribution in [2.75, 3.05) is 31.9 Å². The number of nitrogens with one attached hydrogen (secondary N) is 1. The summed E-state index contributed by atoms with van der Waals surface area (Å²) in [5.74, 6) is 0.323. The molecule has 2 aromatic heterocycles. The fraction of sp³-hybridized carbons (Fsp3) is 0.516. The van der Waals surface area contributed by atoms with Crippen molar-refractivity contribution in [3.8, 4) is 11.4 Å². The lowest BCUT2D eigenvalue weighted by Gasteiger charge is -2.40. The van der Waals surface area contributed by atoms with Gasteiger partial charge in [-0.2, -0.15) is 5.10 Å². The number of amides is 1. The van der Waals surface area contributed by atoms with E-state index in [4.69, 9.17) is 5.73 Å². The summed E-state index contributed by atoms with van der Waals surface area (Å²) < 4.78 is 0. The van der Waals surface area contributed by atoms with Gasteiger partial charge in [0, 0.05) is 42.9 Å². The molecule has 0 saturated carbocycles. The molecule has 0 radical (unpaired) electrons. The number of benzene rings is 1. The number of nitrogens with two attached hydrogens (primary N) is 1. The Balaban J connectivity index is 1.07. The first kappa shape index (κ1) is 26.6. The Morgan fingerprint density at radius 2 is 1.75 bits per heavy atom. The first-order valence-electron chi connectivity index (χ1n) is 14.7. The van der Waals surface area contributed by atoms with Gasteiger partial charge in [-0.05, 0) is 80.3 Å². The number of fused-ring (bicyclic) bond motifs is 3. The molecule has 2 saturated heterocycles. The first-order valence-corrected chi connectivity index (χ1v) is 14.7. The highest BCUT2D eigenvalue weighted by molar-refractivity contribution is 5.98. The van der Waals surface area contributed by atoms with E-state index in [9.17, 15) is 9.59 Å². The van der Waals surface area contributed by atoms with Crippen LogP contribution in [0.25, 0.3) is 11.4 Å². The summed E-state index contributed by atoms with van der Waals surface area (Å²) >= 11 is 0. The number of ketones is 1. The minimum atomic E-state index is -0.288. The van der Waals surface area contributed by atoms with Gasteiger partial charge >= 0.3 is 0 Å². The second-order valence-electron chi connectivity index (χ2n) is 12.2. The molecular weight excluding hydrogens is 502 g/mol. The topological polar surface area (TPSA) is 121 Å². The van der Waals surface area contributed by atoms with Gasteiger partial charge in [0.25, 0.3) is 5.91 Å². The molecule has 9 heteroatoms. The molecule has 3 N–H and O–H groups in total. The second kappa shape index (κ2) is 10.8. The zero-order valence-corrected chi connectivity index (χ0v) is 23.6. The third-order valence-corrected chi connectivity index (χ3v) is 8.96.